The van der Waals surface area contributed by atoms with Crippen LogP contribution in [-0.4, -0.2) is 44.9 Å². The number of nitrogens with one attached hydrogen (secondary N) is 1. The minimum atomic E-state index is -4.79. The first-order chi connectivity index (χ1) is 15.0. The Bertz CT molecular complexity index is 1100. The molecule has 1 saturated heterocycles. The largest absolute Gasteiger partial charge is 0.416 e. The van der Waals surface area contributed by atoms with Gasteiger partial charge >= 0.3 is 6.18 Å². The second kappa shape index (κ2) is 9.55. The van der Waals surface area contributed by atoms with E-state index < -0.39 is 40.0 Å². The lowest BCUT2D eigenvalue weighted by molar-refractivity contribution is -0.138. The number of carbonyl (C=O) groups is 1. The van der Waals surface area contributed by atoms with Crippen molar-refractivity contribution in [2.24, 2.45) is 0 Å². The molecule has 0 atom stereocenters. The van der Waals surface area contributed by atoms with Crippen molar-refractivity contribution >= 4 is 15.9 Å². The van der Waals surface area contributed by atoms with E-state index in [0.29, 0.717) is 18.1 Å². The standard InChI is InChI=1S/C21H22F4N2O4S/c1-2-14-3-4-15(11-19(14)32(29,30)27-7-9-31-10-8-27)20(28)26-13-16-5-6-17(22)12-18(16)21(23,24)25/h3-6,11-12H,2,7-10,13H2,1H3,(H,26,28). The summed E-state index contributed by atoms with van der Waals surface area (Å²) in [4.78, 5) is 12.6. The van der Waals surface area contributed by atoms with Gasteiger partial charge in [0.05, 0.1) is 23.7 Å². The van der Waals surface area contributed by atoms with Crippen LogP contribution in [0.3, 0.4) is 0 Å². The van der Waals surface area contributed by atoms with Crippen LogP contribution in [0.2, 0.25) is 0 Å². The van der Waals surface area contributed by atoms with Gasteiger partial charge in [0.2, 0.25) is 10.0 Å². The molecule has 1 amide bonds. The highest BCUT2D eigenvalue weighted by Gasteiger charge is 2.34. The van der Waals surface area contributed by atoms with E-state index in [1.54, 1.807) is 6.92 Å². The molecule has 0 saturated carbocycles. The summed E-state index contributed by atoms with van der Waals surface area (Å²) in [6.07, 6.45) is -4.38. The van der Waals surface area contributed by atoms with E-state index >= 15 is 0 Å². The molecule has 1 aliphatic heterocycles. The molecule has 1 N–H and O–H groups in total. The lowest BCUT2D eigenvalue weighted by atomic mass is 10.1. The molecular weight excluding hydrogens is 452 g/mol. The number of aryl methyl sites for hydroxylation is 1. The fourth-order valence-electron chi connectivity index (χ4n) is 3.40. The third kappa shape index (κ3) is 5.28. The topological polar surface area (TPSA) is 75.7 Å². The van der Waals surface area contributed by atoms with Crippen molar-refractivity contribution in [3.05, 3.63) is 64.5 Å². The van der Waals surface area contributed by atoms with Crippen molar-refractivity contribution in [2.45, 2.75) is 31.0 Å². The average molecular weight is 474 g/mol. The Labute approximate surface area is 183 Å². The molecule has 0 unspecified atom stereocenters. The van der Waals surface area contributed by atoms with Crippen LogP contribution in [0.25, 0.3) is 0 Å². The smallest absolute Gasteiger partial charge is 0.379 e. The number of alkyl halides is 3. The number of hydrogen-bond donors (Lipinski definition) is 1. The molecule has 1 heterocycles. The van der Waals surface area contributed by atoms with Gasteiger partial charge in [-0.3, -0.25) is 4.79 Å². The van der Waals surface area contributed by atoms with E-state index in [9.17, 15) is 30.8 Å². The highest BCUT2D eigenvalue weighted by molar-refractivity contribution is 7.89. The first-order valence-corrected chi connectivity index (χ1v) is 11.3. The zero-order chi connectivity index (χ0) is 23.5. The molecule has 1 fully saturated rings. The first kappa shape index (κ1) is 24.1. The maximum Gasteiger partial charge on any atom is 0.416 e. The second-order valence-electron chi connectivity index (χ2n) is 7.17. The van der Waals surface area contributed by atoms with Gasteiger partial charge in [-0.25, -0.2) is 12.8 Å². The van der Waals surface area contributed by atoms with Crippen LogP contribution < -0.4 is 5.32 Å². The number of ether oxygens (including phenoxy) is 1. The maximum absolute atomic E-state index is 13.3. The number of nitrogens with zero attached hydrogens (tertiary/aromatic N) is 1. The summed E-state index contributed by atoms with van der Waals surface area (Å²) in [6.45, 7) is 2.18. The molecule has 0 radical (unpaired) electrons. The van der Waals surface area contributed by atoms with Crippen LogP contribution in [-0.2, 0) is 33.9 Å². The van der Waals surface area contributed by atoms with E-state index in [-0.39, 0.29) is 42.3 Å². The molecule has 0 spiro atoms. The van der Waals surface area contributed by atoms with Crippen molar-refractivity contribution in [3.8, 4) is 0 Å². The highest BCUT2D eigenvalue weighted by Crippen LogP contribution is 2.32. The lowest BCUT2D eigenvalue weighted by Crippen LogP contribution is -2.41. The zero-order valence-electron chi connectivity index (χ0n) is 17.2. The summed E-state index contributed by atoms with van der Waals surface area (Å²) in [7, 11) is -3.88. The fraction of sp³-hybridized carbons (Fsp3) is 0.381. The summed E-state index contributed by atoms with van der Waals surface area (Å²) in [6, 6.07) is 6.36. The van der Waals surface area contributed by atoms with Crippen molar-refractivity contribution in [1.29, 1.82) is 0 Å². The summed E-state index contributed by atoms with van der Waals surface area (Å²) in [5, 5.41) is 2.35. The van der Waals surface area contributed by atoms with Crippen molar-refractivity contribution < 1.29 is 35.5 Å². The maximum atomic E-state index is 13.3. The number of carbonyl (C=O) groups excluding carboxylic acids is 1. The Morgan fingerprint density at radius 3 is 2.38 bits per heavy atom. The predicted octanol–water partition coefficient (Wildman–Crippen LogP) is 3.36. The minimum absolute atomic E-state index is 0.00953. The van der Waals surface area contributed by atoms with Gasteiger partial charge in [0.1, 0.15) is 5.82 Å². The molecule has 0 aliphatic carbocycles. The number of morpholine rings is 1. The van der Waals surface area contributed by atoms with Gasteiger partial charge < -0.3 is 10.1 Å². The van der Waals surface area contributed by atoms with Gasteiger partial charge in [-0.05, 0) is 41.8 Å². The molecule has 174 valence electrons. The summed E-state index contributed by atoms with van der Waals surface area (Å²) in [5.74, 6) is -1.79. The predicted molar refractivity (Wildman–Crippen MR) is 108 cm³/mol. The van der Waals surface area contributed by atoms with Crippen molar-refractivity contribution in [1.82, 2.24) is 9.62 Å². The summed E-state index contributed by atoms with van der Waals surface area (Å²) >= 11 is 0. The number of benzene rings is 2. The van der Waals surface area contributed by atoms with Crippen molar-refractivity contribution in [3.63, 3.8) is 0 Å². The molecule has 1 aliphatic rings. The minimum Gasteiger partial charge on any atom is -0.379 e. The van der Waals surface area contributed by atoms with Gasteiger partial charge in [0.15, 0.2) is 0 Å². The lowest BCUT2D eigenvalue weighted by Gasteiger charge is -2.27. The Morgan fingerprint density at radius 2 is 1.75 bits per heavy atom. The first-order valence-electron chi connectivity index (χ1n) is 9.88. The van der Waals surface area contributed by atoms with Crippen molar-refractivity contribution in [2.75, 3.05) is 26.3 Å². The Hall–Kier alpha value is -2.50. The molecule has 0 aromatic heterocycles. The summed E-state index contributed by atoms with van der Waals surface area (Å²) in [5.41, 5.74) is -0.982. The van der Waals surface area contributed by atoms with E-state index in [2.05, 4.69) is 5.32 Å². The fourth-order valence-corrected chi connectivity index (χ4v) is 5.13. The number of hydrogen-bond acceptors (Lipinski definition) is 4. The normalized spacial score (nSPS) is 15.5. The Morgan fingerprint density at radius 1 is 1.09 bits per heavy atom. The van der Waals surface area contributed by atoms with Gasteiger partial charge in [-0.15, -0.1) is 0 Å². The molecule has 3 rings (SSSR count). The van der Waals surface area contributed by atoms with Gasteiger partial charge in [-0.1, -0.05) is 19.1 Å². The second-order valence-corrected chi connectivity index (χ2v) is 9.08. The molecule has 2 aromatic rings. The quantitative estimate of drug-likeness (QED) is 0.652. The van der Waals surface area contributed by atoms with E-state index in [4.69, 9.17) is 4.74 Å². The monoisotopic (exact) mass is 474 g/mol. The van der Waals surface area contributed by atoms with Crippen LogP contribution in [0, 0.1) is 5.82 Å². The molecule has 6 nitrogen and oxygen atoms in total. The Balaban J connectivity index is 1.85. The van der Waals surface area contributed by atoms with Crippen LogP contribution in [0.15, 0.2) is 41.3 Å². The number of rotatable bonds is 6. The third-order valence-corrected chi connectivity index (χ3v) is 7.10. The van der Waals surface area contributed by atoms with E-state index in [0.717, 1.165) is 12.1 Å². The molecule has 0 bridgehead atoms. The van der Waals surface area contributed by atoms with Gasteiger partial charge in [-0.2, -0.15) is 17.5 Å². The highest BCUT2D eigenvalue weighted by atomic mass is 32.2. The van der Waals surface area contributed by atoms with Gasteiger partial charge in [0, 0.05) is 25.2 Å². The van der Waals surface area contributed by atoms with Crippen LogP contribution in [0.1, 0.15) is 34.0 Å². The van der Waals surface area contributed by atoms with Gasteiger partial charge in [0.25, 0.3) is 5.91 Å². The van der Waals surface area contributed by atoms with E-state index in [1.165, 1.54) is 22.5 Å². The third-order valence-electron chi connectivity index (χ3n) is 5.11. The average Bonchev–Trinajstić information content (AvgIpc) is 2.77. The summed E-state index contributed by atoms with van der Waals surface area (Å²) < 4.78 is 85.4. The van der Waals surface area contributed by atoms with Crippen LogP contribution >= 0.6 is 0 Å². The number of amides is 1. The molecule has 32 heavy (non-hydrogen) atoms. The number of halogens is 4. The van der Waals surface area contributed by atoms with E-state index in [1.807, 2.05) is 0 Å². The zero-order valence-corrected chi connectivity index (χ0v) is 18.0. The SMILES string of the molecule is CCc1ccc(C(=O)NCc2ccc(F)cc2C(F)(F)F)cc1S(=O)(=O)N1CCOCC1. The Kier molecular flexibility index (Phi) is 7.21. The van der Waals surface area contributed by atoms with Crippen LogP contribution in [0.4, 0.5) is 17.6 Å². The molecular formula is C21H22F4N2O4S. The molecule has 11 heteroatoms. The molecule has 2 aromatic carbocycles. The van der Waals surface area contributed by atoms with Crippen LogP contribution in [0.5, 0.6) is 0 Å². The number of sulfonamides is 1.